The van der Waals surface area contributed by atoms with Gasteiger partial charge >= 0.3 is 0 Å². The van der Waals surface area contributed by atoms with E-state index in [0.717, 1.165) is 5.56 Å². The van der Waals surface area contributed by atoms with Crippen molar-refractivity contribution >= 4 is 5.91 Å². The van der Waals surface area contributed by atoms with Gasteiger partial charge in [0.25, 0.3) is 11.8 Å². The minimum absolute atomic E-state index is 0.165. The Balaban J connectivity index is 1.96. The molecule has 2 aromatic rings. The van der Waals surface area contributed by atoms with Crippen LogP contribution in [-0.4, -0.2) is 39.0 Å². The summed E-state index contributed by atoms with van der Waals surface area (Å²) in [4.78, 5) is 11.9. The summed E-state index contributed by atoms with van der Waals surface area (Å²) in [6, 6.07) is 5.05. The molecule has 0 bridgehead atoms. The minimum Gasteiger partial charge on any atom is -0.496 e. The summed E-state index contributed by atoms with van der Waals surface area (Å²) in [6.07, 6.45) is 0. The van der Waals surface area contributed by atoms with Crippen LogP contribution in [0.25, 0.3) is 0 Å². The zero-order valence-electron chi connectivity index (χ0n) is 14.0. The average Bonchev–Trinajstić information content (AvgIpc) is 3.02. The number of methoxy groups -OCH3 is 3. The molecule has 1 amide bonds. The Hall–Kier alpha value is -2.90. The summed E-state index contributed by atoms with van der Waals surface area (Å²) >= 11 is 0. The van der Waals surface area contributed by atoms with Gasteiger partial charge in [0.2, 0.25) is 0 Å². The van der Waals surface area contributed by atoms with Crippen LogP contribution in [0.4, 0.5) is 0 Å². The Morgan fingerprint density at radius 2 is 1.75 bits per heavy atom. The molecule has 0 aliphatic rings. The number of nitrogens with zero attached hydrogens (tertiary/aromatic N) is 1. The van der Waals surface area contributed by atoms with Gasteiger partial charge in [-0.2, -0.15) is 0 Å². The molecular weight excluding hydrogens is 316 g/mol. The molecule has 0 saturated carbocycles. The summed E-state index contributed by atoms with van der Waals surface area (Å²) < 4.78 is 25.9. The van der Waals surface area contributed by atoms with Gasteiger partial charge in [-0.05, 0) is 18.1 Å². The van der Waals surface area contributed by atoms with Gasteiger partial charge in [-0.3, -0.25) is 4.79 Å². The third-order valence-electron chi connectivity index (χ3n) is 3.22. The van der Waals surface area contributed by atoms with E-state index in [0.29, 0.717) is 23.0 Å². The molecule has 24 heavy (non-hydrogen) atoms. The molecule has 0 aliphatic carbocycles. The second-order valence-corrected chi connectivity index (χ2v) is 4.86. The number of carbonyl (C=O) groups is 1. The first-order valence-electron chi connectivity index (χ1n) is 7.19. The third kappa shape index (κ3) is 4.31. The molecule has 0 fully saturated rings. The topological polar surface area (TPSA) is 92.0 Å². The number of hydrogen-bond donors (Lipinski definition) is 1. The zero-order chi connectivity index (χ0) is 17.5. The molecule has 1 N–H and O–H groups in total. The summed E-state index contributed by atoms with van der Waals surface area (Å²) in [6.45, 7) is 1.83. The fourth-order valence-corrected chi connectivity index (χ4v) is 2.03. The molecule has 8 heteroatoms. The van der Waals surface area contributed by atoms with Crippen LogP contribution in [0.2, 0.25) is 0 Å². The van der Waals surface area contributed by atoms with Crippen LogP contribution in [-0.2, 0) is 11.3 Å². The van der Waals surface area contributed by atoms with Crippen molar-refractivity contribution in [3.05, 3.63) is 29.5 Å². The normalized spacial score (nSPS) is 10.2. The van der Waals surface area contributed by atoms with Gasteiger partial charge < -0.3 is 28.8 Å². The maximum absolute atomic E-state index is 11.9. The monoisotopic (exact) mass is 336 g/mol. The molecule has 1 heterocycles. The molecule has 130 valence electrons. The van der Waals surface area contributed by atoms with Crippen LogP contribution in [0.1, 0.15) is 11.3 Å². The minimum atomic E-state index is -0.299. The van der Waals surface area contributed by atoms with Crippen molar-refractivity contribution in [2.45, 2.75) is 13.5 Å². The highest BCUT2D eigenvalue weighted by Gasteiger charge is 2.13. The lowest BCUT2D eigenvalue weighted by molar-refractivity contribution is -0.123. The summed E-state index contributed by atoms with van der Waals surface area (Å²) in [5.41, 5.74) is 0.751. The SMILES string of the molecule is COc1cc(OC)c(OC)cc1CNC(=O)COc1cc(C)on1. The number of ether oxygens (including phenoxy) is 4. The van der Waals surface area contributed by atoms with E-state index in [4.69, 9.17) is 23.5 Å². The van der Waals surface area contributed by atoms with Gasteiger partial charge in [0, 0.05) is 24.2 Å². The van der Waals surface area contributed by atoms with E-state index in [1.165, 1.54) is 0 Å². The van der Waals surface area contributed by atoms with Crippen LogP contribution < -0.4 is 24.3 Å². The molecule has 0 saturated heterocycles. The van der Waals surface area contributed by atoms with E-state index in [-0.39, 0.29) is 24.9 Å². The lowest BCUT2D eigenvalue weighted by Crippen LogP contribution is -2.28. The van der Waals surface area contributed by atoms with Crippen molar-refractivity contribution in [2.75, 3.05) is 27.9 Å². The largest absolute Gasteiger partial charge is 0.496 e. The molecule has 1 aromatic carbocycles. The maximum Gasteiger partial charge on any atom is 0.258 e. The zero-order valence-corrected chi connectivity index (χ0v) is 14.0. The van der Waals surface area contributed by atoms with Crippen LogP contribution in [0.3, 0.4) is 0 Å². The molecule has 1 aromatic heterocycles. The number of nitrogens with one attached hydrogen (secondary N) is 1. The smallest absolute Gasteiger partial charge is 0.258 e. The van der Waals surface area contributed by atoms with Crippen LogP contribution in [0.5, 0.6) is 23.1 Å². The van der Waals surface area contributed by atoms with Crippen LogP contribution >= 0.6 is 0 Å². The first-order chi connectivity index (χ1) is 11.6. The van der Waals surface area contributed by atoms with E-state index in [2.05, 4.69) is 10.5 Å². The molecule has 0 radical (unpaired) electrons. The fourth-order valence-electron chi connectivity index (χ4n) is 2.03. The lowest BCUT2D eigenvalue weighted by Gasteiger charge is -2.14. The van der Waals surface area contributed by atoms with Crippen molar-refractivity contribution in [2.24, 2.45) is 0 Å². The van der Waals surface area contributed by atoms with Crippen LogP contribution in [0, 0.1) is 6.92 Å². The van der Waals surface area contributed by atoms with E-state index in [1.807, 2.05) is 0 Å². The predicted octanol–water partition coefficient (Wildman–Crippen LogP) is 1.70. The van der Waals surface area contributed by atoms with E-state index >= 15 is 0 Å². The van der Waals surface area contributed by atoms with Crippen LogP contribution in [0.15, 0.2) is 22.7 Å². The first kappa shape index (κ1) is 17.5. The molecule has 0 aliphatic heterocycles. The number of benzene rings is 1. The maximum atomic E-state index is 11.9. The van der Waals surface area contributed by atoms with Crippen molar-refractivity contribution in [1.82, 2.24) is 10.5 Å². The van der Waals surface area contributed by atoms with Crippen molar-refractivity contribution in [3.8, 4) is 23.1 Å². The second kappa shape index (κ2) is 8.09. The third-order valence-corrected chi connectivity index (χ3v) is 3.22. The molecule has 2 rings (SSSR count). The summed E-state index contributed by atoms with van der Waals surface area (Å²) in [5.74, 6) is 2.27. The highest BCUT2D eigenvalue weighted by Crippen LogP contribution is 2.34. The summed E-state index contributed by atoms with van der Waals surface area (Å²) in [7, 11) is 4.63. The molecule has 0 unspecified atom stereocenters. The van der Waals surface area contributed by atoms with Gasteiger partial charge in [-0.1, -0.05) is 0 Å². The highest BCUT2D eigenvalue weighted by molar-refractivity contribution is 5.77. The lowest BCUT2D eigenvalue weighted by atomic mass is 10.1. The van der Waals surface area contributed by atoms with Gasteiger partial charge in [0.1, 0.15) is 11.5 Å². The summed E-state index contributed by atoms with van der Waals surface area (Å²) in [5, 5.41) is 6.39. The predicted molar refractivity (Wildman–Crippen MR) is 84.7 cm³/mol. The Bertz CT molecular complexity index is 698. The van der Waals surface area contributed by atoms with Gasteiger partial charge in [0.15, 0.2) is 18.1 Å². The highest BCUT2D eigenvalue weighted by atomic mass is 16.5. The number of amides is 1. The molecular formula is C16H20N2O6. The van der Waals surface area contributed by atoms with Crippen molar-refractivity contribution < 1.29 is 28.3 Å². The number of aryl methyl sites for hydroxylation is 1. The van der Waals surface area contributed by atoms with E-state index < -0.39 is 0 Å². The quantitative estimate of drug-likeness (QED) is 0.784. The fraction of sp³-hybridized carbons (Fsp3) is 0.375. The Kier molecular flexibility index (Phi) is 5.89. The van der Waals surface area contributed by atoms with E-state index in [9.17, 15) is 4.79 Å². The second-order valence-electron chi connectivity index (χ2n) is 4.86. The van der Waals surface area contributed by atoms with Gasteiger partial charge in [-0.15, -0.1) is 0 Å². The number of rotatable bonds is 8. The molecule has 0 spiro atoms. The molecule has 0 atom stereocenters. The Morgan fingerprint density at radius 1 is 1.08 bits per heavy atom. The number of hydrogen-bond acceptors (Lipinski definition) is 7. The molecule has 8 nitrogen and oxygen atoms in total. The Morgan fingerprint density at radius 3 is 2.33 bits per heavy atom. The van der Waals surface area contributed by atoms with Crippen molar-refractivity contribution in [1.29, 1.82) is 0 Å². The number of aromatic nitrogens is 1. The first-order valence-corrected chi connectivity index (χ1v) is 7.19. The average molecular weight is 336 g/mol. The van der Waals surface area contributed by atoms with E-state index in [1.54, 1.807) is 46.5 Å². The number of carbonyl (C=O) groups excluding carboxylic acids is 1. The standard InChI is InChI=1S/C16H20N2O6/c1-10-5-16(18-24-10)23-9-15(19)17-8-11-6-13(21-3)14(22-4)7-12(11)20-2/h5-7H,8-9H2,1-4H3,(H,17,19). The van der Waals surface area contributed by atoms with Crippen molar-refractivity contribution in [3.63, 3.8) is 0 Å². The van der Waals surface area contributed by atoms with Gasteiger partial charge in [-0.25, -0.2) is 0 Å². The van der Waals surface area contributed by atoms with Gasteiger partial charge in [0.05, 0.1) is 21.3 Å². The Labute approximate surface area is 139 Å².